The molecule has 3 N–H and O–H groups in total. The first-order chi connectivity index (χ1) is 8.49. The van der Waals surface area contributed by atoms with Gasteiger partial charge in [-0.25, -0.2) is 0 Å². The second-order valence-corrected chi connectivity index (χ2v) is 3.71. The lowest BCUT2D eigenvalue weighted by molar-refractivity contribution is -0.384. The molecule has 7 nitrogen and oxygen atoms in total. The highest BCUT2D eigenvalue weighted by Gasteiger charge is 2.17. The third-order valence-electron chi connectivity index (χ3n) is 2.48. The first-order valence-electron chi connectivity index (χ1n) is 5.28. The lowest BCUT2D eigenvalue weighted by Crippen LogP contribution is -2.36. The molecule has 19 heavy (non-hydrogen) atoms. The van der Waals surface area contributed by atoms with E-state index in [1.54, 1.807) is 13.0 Å². The van der Waals surface area contributed by atoms with Crippen LogP contribution in [0.4, 0.5) is 11.4 Å². The third kappa shape index (κ3) is 4.47. The van der Waals surface area contributed by atoms with E-state index in [9.17, 15) is 14.9 Å². The minimum atomic E-state index is -0.774. The molecule has 0 saturated carbocycles. The molecule has 0 saturated heterocycles. The van der Waals surface area contributed by atoms with Gasteiger partial charge in [0, 0.05) is 25.8 Å². The zero-order chi connectivity index (χ0) is 13.7. The number of hydrogen-bond acceptors (Lipinski definition) is 5. The Kier molecular flexibility index (Phi) is 6.99. The molecule has 0 bridgehead atoms. The number of methoxy groups -OCH3 is 1. The first kappa shape index (κ1) is 17.3. The van der Waals surface area contributed by atoms with Crippen molar-refractivity contribution in [3.05, 3.63) is 33.9 Å². The topological polar surface area (TPSA) is 107 Å². The number of hydrogen-bond donors (Lipinski definition) is 2. The van der Waals surface area contributed by atoms with Crippen LogP contribution in [0, 0.1) is 17.0 Å². The maximum atomic E-state index is 11.7. The summed E-state index contributed by atoms with van der Waals surface area (Å²) in [4.78, 5) is 21.8. The highest BCUT2D eigenvalue weighted by molar-refractivity contribution is 5.95. The van der Waals surface area contributed by atoms with Crippen LogP contribution in [-0.4, -0.2) is 30.6 Å². The van der Waals surface area contributed by atoms with Gasteiger partial charge in [0.05, 0.1) is 10.6 Å². The van der Waals surface area contributed by atoms with Crippen LogP contribution in [0.25, 0.3) is 0 Å². The summed E-state index contributed by atoms with van der Waals surface area (Å²) in [7, 11) is 1.37. The Morgan fingerprint density at radius 3 is 2.68 bits per heavy atom. The SMILES string of the molecule is COC(CN)C(=O)Nc1cc([N+](=O)[O-])ccc1C.Cl. The number of nitrogens with zero attached hydrogens (tertiary/aromatic N) is 1. The smallest absolute Gasteiger partial charge is 0.271 e. The van der Waals surface area contributed by atoms with Crippen LogP contribution in [0.5, 0.6) is 0 Å². The number of benzene rings is 1. The molecule has 0 aliphatic carbocycles. The molecule has 1 rings (SSSR count). The fraction of sp³-hybridized carbons (Fsp3) is 0.364. The van der Waals surface area contributed by atoms with Gasteiger partial charge in [0.15, 0.2) is 0 Å². The van der Waals surface area contributed by atoms with Gasteiger partial charge in [-0.15, -0.1) is 12.4 Å². The van der Waals surface area contributed by atoms with Crippen molar-refractivity contribution in [3.63, 3.8) is 0 Å². The van der Waals surface area contributed by atoms with Crippen LogP contribution in [0.15, 0.2) is 18.2 Å². The van der Waals surface area contributed by atoms with Gasteiger partial charge in [0.25, 0.3) is 11.6 Å². The summed E-state index contributed by atoms with van der Waals surface area (Å²) >= 11 is 0. The molecule has 0 aliphatic heterocycles. The number of halogens is 1. The Morgan fingerprint density at radius 1 is 1.58 bits per heavy atom. The maximum Gasteiger partial charge on any atom is 0.271 e. The molecular weight excluding hydrogens is 274 g/mol. The van der Waals surface area contributed by atoms with Crippen LogP contribution in [0.2, 0.25) is 0 Å². The predicted molar refractivity (Wildman–Crippen MR) is 73.6 cm³/mol. The quantitative estimate of drug-likeness (QED) is 0.626. The summed E-state index contributed by atoms with van der Waals surface area (Å²) in [5.74, 6) is -0.427. The van der Waals surface area contributed by atoms with Crippen molar-refractivity contribution in [1.82, 2.24) is 0 Å². The van der Waals surface area contributed by atoms with E-state index in [1.165, 1.54) is 19.2 Å². The molecule has 1 atom stereocenters. The van der Waals surface area contributed by atoms with Crippen LogP contribution < -0.4 is 11.1 Å². The standard InChI is InChI=1S/C11H15N3O4.ClH/c1-7-3-4-8(14(16)17)5-9(7)13-11(15)10(6-12)18-2;/h3-5,10H,6,12H2,1-2H3,(H,13,15);1H. The number of carbonyl (C=O) groups excluding carboxylic acids is 1. The minimum Gasteiger partial charge on any atom is -0.370 e. The summed E-state index contributed by atoms with van der Waals surface area (Å²) in [6.45, 7) is 1.78. The van der Waals surface area contributed by atoms with Crippen molar-refractivity contribution in [2.24, 2.45) is 5.73 Å². The Morgan fingerprint density at radius 2 is 2.21 bits per heavy atom. The molecule has 106 valence electrons. The molecule has 0 heterocycles. The maximum absolute atomic E-state index is 11.7. The molecule has 0 fully saturated rings. The van der Waals surface area contributed by atoms with E-state index < -0.39 is 16.9 Å². The average molecular weight is 290 g/mol. The number of nitro benzene ring substituents is 1. The van der Waals surface area contributed by atoms with Crippen molar-refractivity contribution < 1.29 is 14.5 Å². The molecule has 0 aliphatic rings. The average Bonchev–Trinajstić information content (AvgIpc) is 2.33. The number of amides is 1. The normalized spacial score (nSPS) is 11.3. The Balaban J connectivity index is 0.00000324. The van der Waals surface area contributed by atoms with E-state index in [0.29, 0.717) is 5.69 Å². The molecule has 1 aromatic carbocycles. The second kappa shape index (κ2) is 7.67. The molecule has 0 spiro atoms. The van der Waals surface area contributed by atoms with Crippen molar-refractivity contribution in [1.29, 1.82) is 0 Å². The number of carbonyl (C=O) groups is 1. The molecule has 1 aromatic rings. The van der Waals surface area contributed by atoms with Crippen LogP contribution in [0.3, 0.4) is 0 Å². The van der Waals surface area contributed by atoms with Crippen molar-refractivity contribution in [3.8, 4) is 0 Å². The number of non-ortho nitro benzene ring substituents is 1. The summed E-state index contributed by atoms with van der Waals surface area (Å²) in [5, 5.41) is 13.2. The number of nitro groups is 1. The van der Waals surface area contributed by atoms with Gasteiger partial charge in [-0.05, 0) is 12.5 Å². The van der Waals surface area contributed by atoms with E-state index in [-0.39, 0.29) is 24.6 Å². The highest BCUT2D eigenvalue weighted by Crippen LogP contribution is 2.21. The van der Waals surface area contributed by atoms with Crippen molar-refractivity contribution in [2.75, 3.05) is 19.0 Å². The Bertz CT molecular complexity index is 463. The number of rotatable bonds is 5. The molecular formula is C11H16ClN3O4. The third-order valence-corrected chi connectivity index (χ3v) is 2.48. The van der Waals surface area contributed by atoms with E-state index >= 15 is 0 Å². The highest BCUT2D eigenvalue weighted by atomic mass is 35.5. The van der Waals surface area contributed by atoms with Gasteiger partial charge in [-0.2, -0.15) is 0 Å². The summed E-state index contributed by atoms with van der Waals surface area (Å²) in [6.07, 6.45) is -0.774. The van der Waals surface area contributed by atoms with Gasteiger partial charge in [-0.1, -0.05) is 6.07 Å². The summed E-state index contributed by atoms with van der Waals surface area (Å²) < 4.78 is 4.88. The van der Waals surface area contributed by atoms with Crippen molar-refractivity contribution >= 4 is 29.7 Å². The molecule has 0 aromatic heterocycles. The van der Waals surface area contributed by atoms with E-state index in [4.69, 9.17) is 10.5 Å². The number of ether oxygens (including phenoxy) is 1. The molecule has 0 radical (unpaired) electrons. The van der Waals surface area contributed by atoms with Gasteiger partial charge in [0.2, 0.25) is 0 Å². The van der Waals surface area contributed by atoms with Crippen molar-refractivity contribution in [2.45, 2.75) is 13.0 Å². The van der Waals surface area contributed by atoms with Crippen LogP contribution in [-0.2, 0) is 9.53 Å². The lowest BCUT2D eigenvalue weighted by Gasteiger charge is -2.14. The van der Waals surface area contributed by atoms with E-state index in [0.717, 1.165) is 5.56 Å². The number of nitrogens with two attached hydrogens (primary N) is 1. The molecule has 1 amide bonds. The molecule has 1 unspecified atom stereocenters. The van der Waals surface area contributed by atoms with Gasteiger partial charge in [-0.3, -0.25) is 14.9 Å². The predicted octanol–water partition coefficient (Wildman–Crippen LogP) is 1.24. The Labute approximate surface area is 116 Å². The number of anilines is 1. The van der Waals surface area contributed by atoms with Gasteiger partial charge in [0.1, 0.15) is 6.10 Å². The van der Waals surface area contributed by atoms with E-state index in [1.807, 2.05) is 0 Å². The zero-order valence-corrected chi connectivity index (χ0v) is 11.4. The van der Waals surface area contributed by atoms with Crippen LogP contribution >= 0.6 is 12.4 Å². The number of aryl methyl sites for hydroxylation is 1. The lowest BCUT2D eigenvalue weighted by atomic mass is 10.1. The summed E-state index contributed by atoms with van der Waals surface area (Å²) in [5.41, 5.74) is 6.38. The molecule has 8 heteroatoms. The second-order valence-electron chi connectivity index (χ2n) is 3.71. The minimum absolute atomic E-state index is 0. The van der Waals surface area contributed by atoms with Crippen LogP contribution in [0.1, 0.15) is 5.56 Å². The van der Waals surface area contributed by atoms with Gasteiger partial charge >= 0.3 is 0 Å². The fourth-order valence-electron chi connectivity index (χ4n) is 1.38. The number of nitrogens with one attached hydrogen (secondary N) is 1. The first-order valence-corrected chi connectivity index (χ1v) is 5.28. The monoisotopic (exact) mass is 289 g/mol. The zero-order valence-electron chi connectivity index (χ0n) is 10.6. The fourth-order valence-corrected chi connectivity index (χ4v) is 1.38. The largest absolute Gasteiger partial charge is 0.370 e. The van der Waals surface area contributed by atoms with E-state index in [2.05, 4.69) is 5.32 Å². The summed E-state index contributed by atoms with van der Waals surface area (Å²) in [6, 6.07) is 4.25. The van der Waals surface area contributed by atoms with Gasteiger partial charge < -0.3 is 15.8 Å². The Hall–Kier alpha value is -1.70.